The van der Waals surface area contributed by atoms with Gasteiger partial charge in [0.2, 0.25) is 5.78 Å². The van der Waals surface area contributed by atoms with Crippen LogP contribution in [-0.2, 0) is 11.5 Å². The summed E-state index contributed by atoms with van der Waals surface area (Å²) in [6, 6.07) is 8.46. The Hall–Kier alpha value is -2.32. The SMILES string of the molecule is C[Si](C)(C)CCOCn1nccc1C(=O)c1ccccc1[N+](=O)[O-]. The minimum Gasteiger partial charge on any atom is -0.360 e. The zero-order valence-corrected chi connectivity index (χ0v) is 15.1. The van der Waals surface area contributed by atoms with Crippen LogP contribution in [0.3, 0.4) is 0 Å². The van der Waals surface area contributed by atoms with Crippen molar-refractivity contribution in [2.45, 2.75) is 32.4 Å². The number of nitrogens with zero attached hydrogens (tertiary/aromatic N) is 3. The third-order valence-electron chi connectivity index (χ3n) is 3.50. The maximum absolute atomic E-state index is 12.6. The lowest BCUT2D eigenvalue weighted by molar-refractivity contribution is -0.385. The van der Waals surface area contributed by atoms with Gasteiger partial charge in [-0.15, -0.1) is 0 Å². The Bertz CT molecular complexity index is 737. The summed E-state index contributed by atoms with van der Waals surface area (Å²) in [6.45, 7) is 7.53. The summed E-state index contributed by atoms with van der Waals surface area (Å²) in [7, 11) is -1.18. The normalized spacial score (nSPS) is 11.5. The number of ketones is 1. The van der Waals surface area contributed by atoms with Gasteiger partial charge in [-0.1, -0.05) is 31.8 Å². The molecular weight excluding hydrogens is 326 g/mol. The van der Waals surface area contributed by atoms with E-state index in [1.165, 1.54) is 29.1 Å². The molecule has 8 heteroatoms. The predicted molar refractivity (Wildman–Crippen MR) is 92.9 cm³/mol. The zero-order chi connectivity index (χ0) is 17.7. The fourth-order valence-corrected chi connectivity index (χ4v) is 2.88. The number of nitro groups is 1. The number of benzene rings is 1. The molecule has 0 saturated carbocycles. The Morgan fingerprint density at radius 3 is 2.67 bits per heavy atom. The molecule has 0 aliphatic carbocycles. The molecule has 1 aromatic carbocycles. The number of hydrogen-bond acceptors (Lipinski definition) is 5. The van der Waals surface area contributed by atoms with E-state index in [-0.39, 0.29) is 23.7 Å². The molecule has 2 aromatic rings. The van der Waals surface area contributed by atoms with Gasteiger partial charge in [0, 0.05) is 26.9 Å². The standard InChI is InChI=1S/C16H21N3O4Si/c1-24(2,3)11-10-23-12-18-15(8-9-17-18)16(20)13-6-4-5-7-14(13)19(21)22/h4-9H,10-12H2,1-3H3. The Morgan fingerprint density at radius 1 is 1.29 bits per heavy atom. The van der Waals surface area contributed by atoms with E-state index >= 15 is 0 Å². The molecule has 0 aliphatic rings. The van der Waals surface area contributed by atoms with Crippen LogP contribution in [0.4, 0.5) is 5.69 Å². The van der Waals surface area contributed by atoms with Gasteiger partial charge in [-0.05, 0) is 18.2 Å². The number of carbonyl (C=O) groups excluding carboxylic acids is 1. The summed E-state index contributed by atoms with van der Waals surface area (Å²) < 4.78 is 7.04. The second-order valence-corrected chi connectivity index (χ2v) is 12.3. The van der Waals surface area contributed by atoms with Crippen LogP contribution in [0.5, 0.6) is 0 Å². The lowest BCUT2D eigenvalue weighted by Gasteiger charge is -2.15. The highest BCUT2D eigenvalue weighted by Crippen LogP contribution is 2.21. The lowest BCUT2D eigenvalue weighted by atomic mass is 10.1. The molecule has 0 atom stereocenters. The van der Waals surface area contributed by atoms with Crippen molar-refractivity contribution in [2.24, 2.45) is 0 Å². The molecule has 0 unspecified atom stereocenters. The number of hydrogen-bond donors (Lipinski definition) is 0. The molecule has 0 aliphatic heterocycles. The van der Waals surface area contributed by atoms with Crippen LogP contribution in [0.1, 0.15) is 16.1 Å². The van der Waals surface area contributed by atoms with Gasteiger partial charge in [0.05, 0.1) is 4.92 Å². The Balaban J connectivity index is 2.12. The Morgan fingerprint density at radius 2 is 2.00 bits per heavy atom. The molecule has 0 spiro atoms. The smallest absolute Gasteiger partial charge is 0.280 e. The minimum atomic E-state index is -1.18. The van der Waals surface area contributed by atoms with Gasteiger partial charge in [-0.25, -0.2) is 4.68 Å². The van der Waals surface area contributed by atoms with Crippen LogP contribution in [0.15, 0.2) is 36.5 Å². The first kappa shape index (κ1) is 18.0. The lowest BCUT2D eigenvalue weighted by Crippen LogP contribution is -2.22. The van der Waals surface area contributed by atoms with Crippen molar-refractivity contribution in [3.63, 3.8) is 0 Å². The monoisotopic (exact) mass is 347 g/mol. The fourth-order valence-electron chi connectivity index (χ4n) is 2.12. The molecule has 128 valence electrons. The summed E-state index contributed by atoms with van der Waals surface area (Å²) in [4.78, 5) is 23.2. The molecular formula is C16H21N3O4Si. The summed E-state index contributed by atoms with van der Waals surface area (Å²) in [5.74, 6) is -0.436. The first-order valence-electron chi connectivity index (χ1n) is 7.67. The summed E-state index contributed by atoms with van der Waals surface area (Å²) in [6.07, 6.45) is 1.49. The van der Waals surface area contributed by atoms with Crippen LogP contribution < -0.4 is 0 Å². The maximum atomic E-state index is 12.6. The largest absolute Gasteiger partial charge is 0.360 e. The summed E-state index contributed by atoms with van der Waals surface area (Å²) >= 11 is 0. The minimum absolute atomic E-state index is 0.0475. The maximum Gasteiger partial charge on any atom is 0.280 e. The van der Waals surface area contributed by atoms with Gasteiger partial charge >= 0.3 is 0 Å². The second-order valence-electron chi connectivity index (χ2n) is 6.67. The van der Waals surface area contributed by atoms with Crippen molar-refractivity contribution in [3.05, 3.63) is 57.9 Å². The molecule has 0 N–H and O–H groups in total. The Kier molecular flexibility index (Phi) is 5.63. The van der Waals surface area contributed by atoms with Crippen LogP contribution in [-0.4, -0.2) is 35.2 Å². The van der Waals surface area contributed by atoms with E-state index in [1.807, 2.05) is 0 Å². The van der Waals surface area contributed by atoms with Crippen molar-refractivity contribution in [1.82, 2.24) is 9.78 Å². The van der Waals surface area contributed by atoms with E-state index in [9.17, 15) is 14.9 Å². The molecule has 2 rings (SSSR count). The molecule has 0 saturated heterocycles. The molecule has 0 radical (unpaired) electrons. The van der Waals surface area contributed by atoms with Gasteiger partial charge in [-0.3, -0.25) is 14.9 Å². The average Bonchev–Trinajstić information content (AvgIpc) is 2.98. The molecule has 1 heterocycles. The fraction of sp³-hybridized carbons (Fsp3) is 0.375. The number of carbonyl (C=O) groups is 1. The van der Waals surface area contributed by atoms with Crippen molar-refractivity contribution in [3.8, 4) is 0 Å². The number of rotatable bonds is 8. The van der Waals surface area contributed by atoms with Gasteiger partial charge in [0.15, 0.2) is 0 Å². The molecule has 7 nitrogen and oxygen atoms in total. The van der Waals surface area contributed by atoms with Crippen LogP contribution in [0.2, 0.25) is 25.7 Å². The molecule has 24 heavy (non-hydrogen) atoms. The number of para-hydroxylation sites is 1. The van der Waals surface area contributed by atoms with Gasteiger partial charge < -0.3 is 4.74 Å². The molecule has 0 fully saturated rings. The third-order valence-corrected chi connectivity index (χ3v) is 5.21. The first-order valence-corrected chi connectivity index (χ1v) is 11.4. The van der Waals surface area contributed by atoms with E-state index in [1.54, 1.807) is 12.1 Å². The molecule has 1 aromatic heterocycles. The van der Waals surface area contributed by atoms with Crippen molar-refractivity contribution < 1.29 is 14.5 Å². The summed E-state index contributed by atoms with van der Waals surface area (Å²) in [5, 5.41) is 15.2. The van der Waals surface area contributed by atoms with Crippen LogP contribution in [0.25, 0.3) is 0 Å². The van der Waals surface area contributed by atoms with Gasteiger partial charge in [-0.2, -0.15) is 5.10 Å². The van der Waals surface area contributed by atoms with Crippen molar-refractivity contribution >= 4 is 19.5 Å². The highest BCUT2D eigenvalue weighted by atomic mass is 28.3. The number of aromatic nitrogens is 2. The first-order chi connectivity index (χ1) is 11.3. The van der Waals surface area contributed by atoms with Crippen LogP contribution >= 0.6 is 0 Å². The van der Waals surface area contributed by atoms with Crippen LogP contribution in [0, 0.1) is 10.1 Å². The third kappa shape index (κ3) is 4.59. The highest BCUT2D eigenvalue weighted by Gasteiger charge is 2.23. The van der Waals surface area contributed by atoms with Crippen molar-refractivity contribution in [1.29, 1.82) is 0 Å². The van der Waals surface area contributed by atoms with Gasteiger partial charge in [0.25, 0.3) is 5.69 Å². The topological polar surface area (TPSA) is 87.3 Å². The summed E-state index contributed by atoms with van der Waals surface area (Å²) in [5.41, 5.74) is 0.110. The van der Waals surface area contributed by atoms with E-state index in [0.717, 1.165) is 6.04 Å². The predicted octanol–water partition coefficient (Wildman–Crippen LogP) is 3.33. The highest BCUT2D eigenvalue weighted by molar-refractivity contribution is 6.76. The van der Waals surface area contributed by atoms with E-state index in [4.69, 9.17) is 4.74 Å². The van der Waals surface area contributed by atoms with Crippen molar-refractivity contribution in [2.75, 3.05) is 6.61 Å². The Labute approximate surface area is 141 Å². The number of nitro benzene ring substituents is 1. The average molecular weight is 347 g/mol. The number of ether oxygens (including phenoxy) is 1. The molecule has 0 amide bonds. The zero-order valence-electron chi connectivity index (χ0n) is 14.1. The van der Waals surface area contributed by atoms with E-state index in [2.05, 4.69) is 24.7 Å². The molecule has 0 bridgehead atoms. The quantitative estimate of drug-likeness (QED) is 0.240. The van der Waals surface area contributed by atoms with Gasteiger partial charge in [0.1, 0.15) is 18.0 Å². The van der Waals surface area contributed by atoms with E-state index in [0.29, 0.717) is 6.61 Å². The second kappa shape index (κ2) is 7.50. The van der Waals surface area contributed by atoms with E-state index < -0.39 is 18.8 Å².